The van der Waals surface area contributed by atoms with E-state index in [2.05, 4.69) is 0 Å². The Bertz CT molecular complexity index is 859. The largest absolute Gasteiger partial charge is 0.391 e. The van der Waals surface area contributed by atoms with E-state index >= 15 is 0 Å². The van der Waals surface area contributed by atoms with Gasteiger partial charge in [-0.15, -0.1) is 11.6 Å². The highest BCUT2D eigenvalue weighted by Gasteiger charge is 2.23. The summed E-state index contributed by atoms with van der Waals surface area (Å²) in [6.07, 6.45) is 0.587. The van der Waals surface area contributed by atoms with Crippen LogP contribution in [0.1, 0.15) is 11.1 Å². The van der Waals surface area contributed by atoms with E-state index in [-0.39, 0.29) is 30.7 Å². The molecule has 0 saturated carbocycles. The molecule has 31 heavy (non-hydrogen) atoms. The summed E-state index contributed by atoms with van der Waals surface area (Å²) in [5.74, 6) is 0.667. The van der Waals surface area contributed by atoms with Crippen molar-refractivity contribution in [3.8, 4) is 0 Å². The number of nitro groups is 2. The second kappa shape index (κ2) is 12.9. The normalized spacial score (nSPS) is 18.0. The number of alkyl halides is 1. The van der Waals surface area contributed by atoms with E-state index in [9.17, 15) is 20.2 Å². The maximum Gasteiger partial charge on any atom is 0.274 e. The third-order valence-electron chi connectivity index (χ3n) is 4.09. The minimum absolute atomic E-state index is 0.0324. The predicted molar refractivity (Wildman–Crippen MR) is 112 cm³/mol. The van der Waals surface area contributed by atoms with Gasteiger partial charge < -0.3 is 19.3 Å². The first-order chi connectivity index (χ1) is 15.0. The number of epoxide rings is 2. The Hall–Kier alpha value is -2.63. The number of rotatable bonds is 8. The summed E-state index contributed by atoms with van der Waals surface area (Å²) in [7, 11) is 0. The summed E-state index contributed by atoms with van der Waals surface area (Å²) in [5, 5.41) is 29.6. The molecule has 0 aromatic heterocycles. The molecule has 0 bridgehead atoms. The lowest BCUT2D eigenvalue weighted by atomic mass is 10.2. The first kappa shape index (κ1) is 24.6. The molecule has 0 aliphatic carbocycles. The van der Waals surface area contributed by atoms with Crippen LogP contribution < -0.4 is 0 Å². The molecule has 2 atom stereocenters. The molecule has 0 radical (unpaired) electrons. The topological polar surface area (TPSA) is 141 Å². The summed E-state index contributed by atoms with van der Waals surface area (Å²) < 4.78 is 15.0. The molecule has 2 fully saturated rings. The van der Waals surface area contributed by atoms with Gasteiger partial charge in [-0.1, -0.05) is 24.3 Å². The van der Waals surface area contributed by atoms with E-state index in [1.807, 2.05) is 0 Å². The fraction of sp³-hybridized carbons (Fsp3) is 0.400. The van der Waals surface area contributed by atoms with Gasteiger partial charge in [0.15, 0.2) is 0 Å². The molecular weight excluding hydrogens is 432 g/mol. The zero-order valence-electron chi connectivity index (χ0n) is 16.6. The summed E-state index contributed by atoms with van der Waals surface area (Å²) >= 11 is 5.27. The Kier molecular flexibility index (Phi) is 10.3. The van der Waals surface area contributed by atoms with Crippen LogP contribution >= 0.6 is 11.6 Å². The first-order valence-electron chi connectivity index (χ1n) is 9.38. The molecule has 10 nitrogen and oxygen atoms in total. The molecule has 2 aliphatic rings. The van der Waals surface area contributed by atoms with Gasteiger partial charge in [-0.05, 0) is 12.1 Å². The van der Waals surface area contributed by atoms with Crippen molar-refractivity contribution in [2.45, 2.75) is 25.4 Å². The Morgan fingerprint density at radius 3 is 1.81 bits per heavy atom. The van der Waals surface area contributed by atoms with Gasteiger partial charge in [0.25, 0.3) is 11.4 Å². The van der Waals surface area contributed by atoms with Gasteiger partial charge in [-0.25, -0.2) is 0 Å². The van der Waals surface area contributed by atoms with Crippen molar-refractivity contribution in [3.05, 3.63) is 79.9 Å². The first-order valence-corrected chi connectivity index (χ1v) is 9.92. The number of aliphatic hydroxyl groups excluding tert-OH is 1. The number of para-hydroxylation sites is 2. The highest BCUT2D eigenvalue weighted by molar-refractivity contribution is 6.18. The Balaban J connectivity index is 0.000000186. The number of nitro benzene ring substituents is 2. The van der Waals surface area contributed by atoms with Crippen LogP contribution in [-0.4, -0.2) is 52.9 Å². The molecule has 0 amide bonds. The quantitative estimate of drug-likeness (QED) is 0.277. The van der Waals surface area contributed by atoms with E-state index in [1.165, 1.54) is 18.2 Å². The smallest absolute Gasteiger partial charge is 0.274 e. The van der Waals surface area contributed by atoms with E-state index in [0.717, 1.165) is 13.2 Å². The van der Waals surface area contributed by atoms with Crippen LogP contribution in [-0.2, 0) is 27.4 Å². The van der Waals surface area contributed by atoms with Gasteiger partial charge in [0.05, 0.1) is 66.0 Å². The maximum atomic E-state index is 10.7. The molecule has 2 unspecified atom stereocenters. The lowest BCUT2D eigenvalue weighted by molar-refractivity contribution is -0.386. The van der Waals surface area contributed by atoms with Crippen molar-refractivity contribution >= 4 is 23.0 Å². The van der Waals surface area contributed by atoms with E-state index in [4.69, 9.17) is 30.9 Å². The Morgan fingerprint density at radius 1 is 0.935 bits per heavy atom. The lowest BCUT2D eigenvalue weighted by Crippen LogP contribution is -2.03. The van der Waals surface area contributed by atoms with Crippen molar-refractivity contribution in [3.63, 3.8) is 0 Å². The summed E-state index contributed by atoms with van der Waals surface area (Å²) in [6.45, 7) is 2.08. The molecule has 0 spiro atoms. The van der Waals surface area contributed by atoms with Gasteiger partial charge in [-0.3, -0.25) is 20.2 Å². The highest BCUT2D eigenvalue weighted by atomic mass is 35.5. The second-order valence-corrected chi connectivity index (χ2v) is 6.82. The fourth-order valence-corrected chi connectivity index (χ4v) is 2.43. The maximum absolute atomic E-state index is 10.7. The number of aliphatic hydroxyl groups is 1. The van der Waals surface area contributed by atoms with Crippen LogP contribution in [0.15, 0.2) is 48.5 Å². The number of hydrogen-bond donors (Lipinski definition) is 1. The van der Waals surface area contributed by atoms with Gasteiger partial charge in [-0.2, -0.15) is 0 Å². The van der Waals surface area contributed by atoms with Crippen molar-refractivity contribution < 1.29 is 29.2 Å². The zero-order chi connectivity index (χ0) is 22.6. The molecule has 2 saturated heterocycles. The van der Waals surface area contributed by atoms with Crippen LogP contribution in [0.25, 0.3) is 0 Å². The molecule has 1 N–H and O–H groups in total. The third kappa shape index (κ3) is 9.37. The molecule has 2 aliphatic heterocycles. The van der Waals surface area contributed by atoms with Crippen LogP contribution in [0.5, 0.6) is 0 Å². The predicted octanol–water partition coefficient (Wildman–Crippen LogP) is 3.22. The summed E-state index contributed by atoms with van der Waals surface area (Å²) in [4.78, 5) is 20.0. The van der Waals surface area contributed by atoms with E-state index in [1.54, 1.807) is 30.3 Å². The monoisotopic (exact) mass is 454 g/mol. The molecule has 4 rings (SSSR count). The van der Waals surface area contributed by atoms with Crippen LogP contribution in [0.3, 0.4) is 0 Å². The van der Waals surface area contributed by atoms with Crippen LogP contribution in [0.2, 0.25) is 0 Å². The number of ether oxygens (including phenoxy) is 3. The number of hydrogen-bond acceptors (Lipinski definition) is 8. The van der Waals surface area contributed by atoms with E-state index < -0.39 is 9.85 Å². The number of halogens is 1. The Morgan fingerprint density at radius 2 is 1.42 bits per heavy atom. The van der Waals surface area contributed by atoms with Gasteiger partial charge in [0.1, 0.15) is 6.10 Å². The average Bonchev–Trinajstić information content (AvgIpc) is 3.69. The second-order valence-electron chi connectivity index (χ2n) is 6.51. The van der Waals surface area contributed by atoms with Gasteiger partial charge in [0, 0.05) is 12.1 Å². The minimum Gasteiger partial charge on any atom is -0.391 e. The molecule has 168 valence electrons. The van der Waals surface area contributed by atoms with Crippen LogP contribution in [0, 0.1) is 20.2 Å². The molecular formula is C20H23ClN2O8. The van der Waals surface area contributed by atoms with Crippen LogP contribution in [0.4, 0.5) is 11.4 Å². The van der Waals surface area contributed by atoms with Crippen molar-refractivity contribution in [2.24, 2.45) is 0 Å². The highest BCUT2D eigenvalue weighted by Crippen LogP contribution is 2.19. The molecule has 2 aromatic rings. The van der Waals surface area contributed by atoms with Gasteiger partial charge in [0.2, 0.25) is 0 Å². The van der Waals surface area contributed by atoms with Crippen molar-refractivity contribution in [1.29, 1.82) is 0 Å². The molecule has 11 heteroatoms. The third-order valence-corrected chi connectivity index (χ3v) is 4.43. The molecule has 2 aromatic carbocycles. The van der Waals surface area contributed by atoms with Crippen molar-refractivity contribution in [2.75, 3.05) is 25.7 Å². The zero-order valence-corrected chi connectivity index (χ0v) is 17.3. The fourth-order valence-electron chi connectivity index (χ4n) is 2.26. The van der Waals surface area contributed by atoms with Gasteiger partial charge >= 0.3 is 0 Å². The number of nitrogens with zero attached hydrogens (tertiary/aromatic N) is 2. The summed E-state index contributed by atoms with van der Waals surface area (Å²) in [6, 6.07) is 12.7. The summed E-state index contributed by atoms with van der Waals surface area (Å²) in [5.41, 5.74) is 1.02. The Labute approximate surface area is 183 Å². The average molecular weight is 455 g/mol. The van der Waals surface area contributed by atoms with E-state index in [0.29, 0.717) is 29.7 Å². The molecule has 2 heterocycles. The van der Waals surface area contributed by atoms with Crippen molar-refractivity contribution in [1.82, 2.24) is 0 Å². The lowest BCUT2D eigenvalue weighted by Gasteiger charge is -2.02. The standard InChI is InChI=1S/C10H11NO4.C7H7NO3.C3H5ClO/c12-11(13)10-4-2-1-3-8(10)5-14-6-9-7-15-9;9-5-6-3-1-2-4-7(6)8(10)11;4-1-3-2-5-3/h1-4,9H,5-7H2;1-4,9H,5H2;3H,1-2H2. The minimum atomic E-state index is -0.508. The number of benzene rings is 2. The SMILES string of the molecule is ClCC1CO1.O=[N+]([O-])c1ccccc1CO.O=[N+]([O-])c1ccccc1COCC1CO1.